The van der Waals surface area contributed by atoms with Gasteiger partial charge in [-0.15, -0.1) is 0 Å². The quantitative estimate of drug-likeness (QED) is 0.627. The zero-order valence-corrected chi connectivity index (χ0v) is 14.9. The summed E-state index contributed by atoms with van der Waals surface area (Å²) in [4.78, 5) is 27.1. The molecule has 0 amide bonds. The minimum absolute atomic E-state index is 0.319. The van der Waals surface area contributed by atoms with E-state index >= 15 is 0 Å². The molecule has 134 valence electrons. The van der Waals surface area contributed by atoms with Gasteiger partial charge in [-0.2, -0.15) is 0 Å². The van der Waals surface area contributed by atoms with E-state index in [9.17, 15) is 9.59 Å². The summed E-state index contributed by atoms with van der Waals surface area (Å²) in [5.74, 6) is -0.726. The number of carbonyl (C=O) groups excluding carboxylic acids is 2. The fourth-order valence-corrected chi connectivity index (χ4v) is 4.85. The van der Waals surface area contributed by atoms with Crippen molar-refractivity contribution in [1.82, 2.24) is 4.90 Å². The van der Waals surface area contributed by atoms with Gasteiger partial charge in [0.2, 0.25) is 0 Å². The zero-order chi connectivity index (χ0) is 18.1. The van der Waals surface area contributed by atoms with Gasteiger partial charge < -0.3 is 9.53 Å². The SMILES string of the molecule is CN1C2CCC1(c1ccccc1)C(C=O)[C@@H](OC(=O)c1ccccc1)C2. The van der Waals surface area contributed by atoms with Crippen LogP contribution in [-0.2, 0) is 15.1 Å². The van der Waals surface area contributed by atoms with E-state index in [-0.39, 0.29) is 11.9 Å². The lowest BCUT2D eigenvalue weighted by atomic mass is 9.72. The summed E-state index contributed by atoms with van der Waals surface area (Å²) in [7, 11) is 2.09. The molecule has 0 aliphatic carbocycles. The van der Waals surface area contributed by atoms with Crippen molar-refractivity contribution in [2.45, 2.75) is 36.9 Å². The average molecular weight is 349 g/mol. The molecule has 26 heavy (non-hydrogen) atoms. The van der Waals surface area contributed by atoms with Crippen molar-refractivity contribution >= 4 is 12.3 Å². The van der Waals surface area contributed by atoms with Gasteiger partial charge in [0.15, 0.2) is 0 Å². The van der Waals surface area contributed by atoms with Crippen LogP contribution in [0.5, 0.6) is 0 Å². The standard InChI is InChI=1S/C22H23NO3/c1-23-18-12-13-22(23,17-10-6-3-7-11-17)19(15-24)20(14-18)26-21(25)16-8-4-2-5-9-16/h2-11,15,18-20H,12-14H2,1H3/t18?,19?,20-,22?/m0/s1. The normalized spacial score (nSPS) is 30.7. The molecule has 3 unspecified atom stereocenters. The summed E-state index contributed by atoms with van der Waals surface area (Å²) in [6, 6.07) is 19.5. The van der Waals surface area contributed by atoms with Crippen molar-refractivity contribution in [3.8, 4) is 0 Å². The molecule has 4 rings (SSSR count). The Hall–Kier alpha value is -2.46. The Morgan fingerprint density at radius 2 is 1.77 bits per heavy atom. The number of carbonyl (C=O) groups is 2. The van der Waals surface area contributed by atoms with E-state index in [2.05, 4.69) is 24.1 Å². The summed E-state index contributed by atoms with van der Waals surface area (Å²) in [6.45, 7) is 0. The molecule has 0 spiro atoms. The van der Waals surface area contributed by atoms with Crippen LogP contribution in [0, 0.1) is 5.92 Å². The molecule has 0 aromatic heterocycles. The molecule has 2 aliphatic heterocycles. The second-order valence-electron chi connectivity index (χ2n) is 7.30. The summed E-state index contributed by atoms with van der Waals surface area (Å²) < 4.78 is 5.86. The Morgan fingerprint density at radius 1 is 1.12 bits per heavy atom. The summed E-state index contributed by atoms with van der Waals surface area (Å²) in [5, 5.41) is 0. The number of nitrogens with zero attached hydrogens (tertiary/aromatic N) is 1. The fourth-order valence-electron chi connectivity index (χ4n) is 4.85. The minimum atomic E-state index is -0.399. The van der Waals surface area contributed by atoms with Gasteiger partial charge in [-0.25, -0.2) is 4.79 Å². The first-order valence-corrected chi connectivity index (χ1v) is 9.16. The van der Waals surface area contributed by atoms with Gasteiger partial charge in [-0.3, -0.25) is 4.90 Å². The van der Waals surface area contributed by atoms with E-state index in [0.29, 0.717) is 18.0 Å². The van der Waals surface area contributed by atoms with Gasteiger partial charge in [-0.05, 0) is 37.6 Å². The molecular weight excluding hydrogens is 326 g/mol. The monoisotopic (exact) mass is 349 g/mol. The van der Waals surface area contributed by atoms with Crippen LogP contribution < -0.4 is 0 Å². The number of benzene rings is 2. The maximum atomic E-state index is 12.6. The van der Waals surface area contributed by atoms with Crippen LogP contribution in [0.4, 0.5) is 0 Å². The fraction of sp³-hybridized carbons (Fsp3) is 0.364. The Labute approximate surface area is 153 Å². The number of ether oxygens (including phenoxy) is 1. The Kier molecular flexibility index (Phi) is 4.37. The summed E-state index contributed by atoms with van der Waals surface area (Å²) >= 11 is 0. The average Bonchev–Trinajstić information content (AvgIpc) is 2.91. The van der Waals surface area contributed by atoms with E-state index in [4.69, 9.17) is 4.74 Å². The number of hydrogen-bond acceptors (Lipinski definition) is 4. The highest BCUT2D eigenvalue weighted by molar-refractivity contribution is 5.89. The molecule has 0 radical (unpaired) electrons. The van der Waals surface area contributed by atoms with E-state index in [1.165, 1.54) is 0 Å². The second-order valence-corrected chi connectivity index (χ2v) is 7.30. The maximum Gasteiger partial charge on any atom is 0.338 e. The molecule has 2 saturated heterocycles. The van der Waals surface area contributed by atoms with Crippen LogP contribution in [0.1, 0.15) is 35.2 Å². The number of fused-ring (bicyclic) bond motifs is 2. The molecular formula is C22H23NO3. The topological polar surface area (TPSA) is 46.6 Å². The third kappa shape index (κ3) is 2.56. The van der Waals surface area contributed by atoms with Crippen LogP contribution in [-0.4, -0.2) is 36.3 Å². The van der Waals surface area contributed by atoms with Gasteiger partial charge in [0.05, 0.1) is 17.0 Å². The number of esters is 1. The van der Waals surface area contributed by atoms with Gasteiger partial charge in [0.1, 0.15) is 12.4 Å². The Bertz CT molecular complexity index is 792. The molecule has 2 aromatic carbocycles. The van der Waals surface area contributed by atoms with Gasteiger partial charge in [-0.1, -0.05) is 48.5 Å². The van der Waals surface area contributed by atoms with Crippen molar-refractivity contribution < 1.29 is 14.3 Å². The lowest BCUT2D eigenvalue weighted by Crippen LogP contribution is -2.58. The van der Waals surface area contributed by atoms with Crippen LogP contribution in [0.3, 0.4) is 0 Å². The molecule has 2 fully saturated rings. The smallest absolute Gasteiger partial charge is 0.338 e. The first-order valence-electron chi connectivity index (χ1n) is 9.16. The van der Waals surface area contributed by atoms with E-state index < -0.39 is 11.6 Å². The lowest BCUT2D eigenvalue weighted by Gasteiger charge is -2.49. The Balaban J connectivity index is 1.68. The van der Waals surface area contributed by atoms with Crippen molar-refractivity contribution in [2.75, 3.05) is 7.05 Å². The van der Waals surface area contributed by atoms with E-state index in [1.807, 2.05) is 36.4 Å². The van der Waals surface area contributed by atoms with Crippen LogP contribution >= 0.6 is 0 Å². The number of aldehydes is 1. The minimum Gasteiger partial charge on any atom is -0.458 e. The van der Waals surface area contributed by atoms with Crippen LogP contribution in [0.25, 0.3) is 0 Å². The molecule has 0 saturated carbocycles. The molecule has 0 N–H and O–H groups in total. The zero-order valence-electron chi connectivity index (χ0n) is 14.9. The number of piperidine rings is 1. The molecule has 2 aliphatic rings. The predicted octanol–water partition coefficient (Wildman–Crippen LogP) is 3.42. The number of rotatable bonds is 4. The van der Waals surface area contributed by atoms with Crippen LogP contribution in [0.15, 0.2) is 60.7 Å². The lowest BCUT2D eigenvalue weighted by molar-refractivity contribution is -0.129. The largest absolute Gasteiger partial charge is 0.458 e. The molecule has 4 nitrogen and oxygen atoms in total. The Morgan fingerprint density at radius 3 is 2.42 bits per heavy atom. The predicted molar refractivity (Wildman–Crippen MR) is 98.7 cm³/mol. The van der Waals surface area contributed by atoms with Crippen molar-refractivity contribution in [1.29, 1.82) is 0 Å². The van der Waals surface area contributed by atoms with Gasteiger partial charge in [0.25, 0.3) is 0 Å². The first kappa shape index (κ1) is 17.0. The second kappa shape index (κ2) is 6.69. The van der Waals surface area contributed by atoms with Gasteiger partial charge in [0, 0.05) is 12.5 Å². The van der Waals surface area contributed by atoms with Crippen LogP contribution in [0.2, 0.25) is 0 Å². The summed E-state index contributed by atoms with van der Waals surface area (Å²) in [6.07, 6.45) is 3.21. The molecule has 2 bridgehead atoms. The van der Waals surface area contributed by atoms with Gasteiger partial charge >= 0.3 is 5.97 Å². The first-order chi connectivity index (χ1) is 12.7. The van der Waals surface area contributed by atoms with Crippen molar-refractivity contribution in [3.63, 3.8) is 0 Å². The maximum absolute atomic E-state index is 12.6. The third-order valence-corrected chi connectivity index (χ3v) is 6.18. The van der Waals surface area contributed by atoms with Crippen molar-refractivity contribution in [2.24, 2.45) is 5.92 Å². The highest BCUT2D eigenvalue weighted by Crippen LogP contribution is 2.53. The number of hydrogen-bond donors (Lipinski definition) is 0. The highest BCUT2D eigenvalue weighted by Gasteiger charge is 2.58. The summed E-state index contributed by atoms with van der Waals surface area (Å²) in [5.41, 5.74) is 1.26. The molecule has 2 heterocycles. The van der Waals surface area contributed by atoms with E-state index in [1.54, 1.807) is 12.1 Å². The molecule has 2 aromatic rings. The molecule has 4 heteroatoms. The third-order valence-electron chi connectivity index (χ3n) is 6.18. The highest BCUT2D eigenvalue weighted by atomic mass is 16.5. The van der Waals surface area contributed by atoms with E-state index in [0.717, 1.165) is 24.7 Å². The van der Waals surface area contributed by atoms with Crippen molar-refractivity contribution in [3.05, 3.63) is 71.8 Å². The molecule has 4 atom stereocenters.